The third-order valence-electron chi connectivity index (χ3n) is 11.7. The highest BCUT2D eigenvalue weighted by molar-refractivity contribution is 5.88. The van der Waals surface area contributed by atoms with Crippen LogP contribution in [-0.4, -0.2) is 178 Å². The van der Waals surface area contributed by atoms with Crippen LogP contribution >= 0.6 is 0 Å². The van der Waals surface area contributed by atoms with Crippen molar-refractivity contribution in [3.8, 4) is 0 Å². The number of nitrogens with zero attached hydrogens (tertiary/aromatic N) is 6. The van der Waals surface area contributed by atoms with Crippen LogP contribution in [0.15, 0.2) is 35.3 Å². The van der Waals surface area contributed by atoms with E-state index in [4.69, 9.17) is 23.9 Å². The van der Waals surface area contributed by atoms with E-state index in [9.17, 15) is 24.0 Å². The number of aliphatic imine (C=N–C) groups is 1. The second-order valence-corrected chi connectivity index (χ2v) is 18.2. The predicted octanol–water partition coefficient (Wildman–Crippen LogP) is 4.55. The molecule has 0 aliphatic carbocycles. The van der Waals surface area contributed by atoms with E-state index in [0.29, 0.717) is 32.0 Å². The number of hydrogen-bond donors (Lipinski definition) is 1. The lowest BCUT2D eigenvalue weighted by Crippen LogP contribution is -2.55. The molecule has 1 fully saturated rings. The second kappa shape index (κ2) is 25.0. The van der Waals surface area contributed by atoms with E-state index in [1.54, 1.807) is 37.9 Å². The van der Waals surface area contributed by atoms with Gasteiger partial charge in [-0.15, -0.1) is 0 Å². The molecular weight excluding hydrogens is 795 g/mol. The van der Waals surface area contributed by atoms with Crippen LogP contribution in [-0.2, 0) is 44.5 Å². The molecule has 1 saturated heterocycles. The Morgan fingerprint density at radius 1 is 0.903 bits per heavy atom. The number of rotatable bonds is 21. The van der Waals surface area contributed by atoms with Gasteiger partial charge in [0.2, 0.25) is 17.7 Å². The summed E-state index contributed by atoms with van der Waals surface area (Å²) in [5.41, 5.74) is 0.259. The van der Waals surface area contributed by atoms with E-state index in [-0.39, 0.29) is 42.4 Å². The van der Waals surface area contributed by atoms with Crippen molar-refractivity contribution in [3.63, 3.8) is 0 Å². The molecule has 1 aromatic rings. The Hall–Kier alpha value is -4.44. The number of nitrogens with one attached hydrogen (secondary N) is 1. The number of likely N-dealkylation sites (tertiary alicyclic amines) is 1. The topological polar surface area (TPSA) is 163 Å². The van der Waals surface area contributed by atoms with Gasteiger partial charge < -0.3 is 48.8 Å². The number of benzene rings is 1. The van der Waals surface area contributed by atoms with E-state index in [1.165, 1.54) is 19.1 Å². The SMILES string of the molecule is CCC(C)C(C(CC(=O)N1CCC[C@H]1C(OC)C(C)C(=O)NC(Cc1ccccc1)C(=O)OC)OC)N(C)C(=O)C(N=C(N(C)C)N(C)CCN(C)C(=O)OC(C)(C)C)C(C)C. The van der Waals surface area contributed by atoms with Gasteiger partial charge in [0.15, 0.2) is 5.96 Å². The van der Waals surface area contributed by atoms with Gasteiger partial charge in [0.25, 0.3) is 0 Å². The second-order valence-electron chi connectivity index (χ2n) is 18.2. The van der Waals surface area contributed by atoms with Gasteiger partial charge in [-0.05, 0) is 51.0 Å². The molecule has 1 aromatic carbocycles. The van der Waals surface area contributed by atoms with Gasteiger partial charge in [0.1, 0.15) is 17.7 Å². The van der Waals surface area contributed by atoms with Crippen molar-refractivity contribution in [3.05, 3.63) is 35.9 Å². The summed E-state index contributed by atoms with van der Waals surface area (Å²) in [6.45, 7) is 16.5. The average molecular weight is 874 g/mol. The van der Waals surface area contributed by atoms with Gasteiger partial charge >= 0.3 is 12.1 Å². The van der Waals surface area contributed by atoms with Crippen LogP contribution in [0.2, 0.25) is 0 Å². The van der Waals surface area contributed by atoms with Crippen LogP contribution in [0.4, 0.5) is 4.79 Å². The van der Waals surface area contributed by atoms with Gasteiger partial charge in [-0.2, -0.15) is 0 Å². The van der Waals surface area contributed by atoms with Gasteiger partial charge in [-0.1, -0.05) is 71.4 Å². The zero-order chi connectivity index (χ0) is 47.1. The van der Waals surface area contributed by atoms with Crippen molar-refractivity contribution in [1.82, 2.24) is 29.8 Å². The highest BCUT2D eigenvalue weighted by Gasteiger charge is 2.43. The quantitative estimate of drug-likeness (QED) is 0.105. The maximum absolute atomic E-state index is 14.6. The van der Waals surface area contributed by atoms with E-state index in [0.717, 1.165) is 18.4 Å². The minimum absolute atomic E-state index is 0.00456. The van der Waals surface area contributed by atoms with E-state index >= 15 is 0 Å². The summed E-state index contributed by atoms with van der Waals surface area (Å²) in [7, 11) is 13.4. The highest BCUT2D eigenvalue weighted by atomic mass is 16.6. The molecule has 352 valence electrons. The number of carbonyl (C=O) groups is 5. The lowest BCUT2D eigenvalue weighted by atomic mass is 9.89. The molecule has 0 radical (unpaired) electrons. The maximum atomic E-state index is 14.6. The number of likely N-dealkylation sites (N-methyl/N-ethyl adjacent to an activating group) is 3. The Kier molecular flexibility index (Phi) is 21.7. The molecular formula is C46H79N7O9. The van der Waals surface area contributed by atoms with E-state index in [1.807, 2.05) is 103 Å². The Balaban J connectivity index is 2.32. The fourth-order valence-electron chi connectivity index (χ4n) is 8.00. The van der Waals surface area contributed by atoms with E-state index in [2.05, 4.69) is 12.2 Å². The molecule has 0 spiro atoms. The smallest absolute Gasteiger partial charge is 0.410 e. The molecule has 1 aliphatic heterocycles. The molecule has 4 amide bonds. The number of guanidine groups is 1. The normalized spacial score (nSPS) is 17.9. The third kappa shape index (κ3) is 15.4. The Bertz CT molecular complexity index is 1620. The summed E-state index contributed by atoms with van der Waals surface area (Å²) in [4.78, 5) is 81.9. The zero-order valence-corrected chi connectivity index (χ0v) is 40.6. The van der Waals surface area contributed by atoms with Crippen LogP contribution in [0, 0.1) is 17.8 Å². The molecule has 7 unspecified atom stereocenters. The number of ether oxygens (including phenoxy) is 4. The van der Waals surface area contributed by atoms with Crippen LogP contribution in [0.25, 0.3) is 0 Å². The van der Waals surface area contributed by atoms with Crippen molar-refractivity contribution in [1.29, 1.82) is 0 Å². The molecule has 0 aromatic heterocycles. The van der Waals surface area contributed by atoms with Gasteiger partial charge in [0, 0.05) is 75.5 Å². The van der Waals surface area contributed by atoms with Gasteiger partial charge in [-0.3, -0.25) is 14.4 Å². The summed E-state index contributed by atoms with van der Waals surface area (Å²) >= 11 is 0. The molecule has 16 heteroatoms. The van der Waals surface area contributed by atoms with Crippen molar-refractivity contribution in [2.45, 2.75) is 129 Å². The fourth-order valence-corrected chi connectivity index (χ4v) is 8.00. The monoisotopic (exact) mass is 874 g/mol. The molecule has 1 heterocycles. The number of carbonyl (C=O) groups excluding carboxylic acids is 5. The van der Waals surface area contributed by atoms with Crippen molar-refractivity contribution < 1.29 is 42.9 Å². The highest BCUT2D eigenvalue weighted by Crippen LogP contribution is 2.30. The molecule has 62 heavy (non-hydrogen) atoms. The zero-order valence-electron chi connectivity index (χ0n) is 40.6. The first kappa shape index (κ1) is 53.7. The number of methoxy groups -OCH3 is 3. The van der Waals surface area contributed by atoms with Crippen LogP contribution in [0.5, 0.6) is 0 Å². The average Bonchev–Trinajstić information content (AvgIpc) is 3.71. The summed E-state index contributed by atoms with van der Waals surface area (Å²) in [6, 6.07) is 6.86. The maximum Gasteiger partial charge on any atom is 0.410 e. The van der Waals surface area contributed by atoms with Crippen molar-refractivity contribution >= 4 is 35.7 Å². The van der Waals surface area contributed by atoms with E-state index < -0.39 is 60.0 Å². The predicted molar refractivity (Wildman–Crippen MR) is 241 cm³/mol. The molecule has 1 N–H and O–H groups in total. The Morgan fingerprint density at radius 2 is 1.52 bits per heavy atom. The first-order valence-corrected chi connectivity index (χ1v) is 22.0. The largest absolute Gasteiger partial charge is 0.467 e. The fraction of sp³-hybridized carbons (Fsp3) is 0.739. The molecule has 0 saturated carbocycles. The third-order valence-corrected chi connectivity index (χ3v) is 11.7. The number of esters is 1. The molecule has 0 bridgehead atoms. The van der Waals surface area contributed by atoms with Crippen LogP contribution in [0.3, 0.4) is 0 Å². The molecule has 1 aliphatic rings. The first-order chi connectivity index (χ1) is 29.0. The summed E-state index contributed by atoms with van der Waals surface area (Å²) in [6.07, 6.45) is 0.622. The molecule has 16 nitrogen and oxygen atoms in total. The number of amides is 4. The van der Waals surface area contributed by atoms with Gasteiger partial charge in [-0.25, -0.2) is 14.6 Å². The van der Waals surface area contributed by atoms with Gasteiger partial charge in [0.05, 0.1) is 43.7 Å². The minimum Gasteiger partial charge on any atom is -0.467 e. The molecule has 2 rings (SSSR count). The van der Waals surface area contributed by atoms with Crippen molar-refractivity contribution in [2.24, 2.45) is 22.7 Å². The van der Waals surface area contributed by atoms with Crippen LogP contribution in [0.1, 0.15) is 86.6 Å². The standard InChI is InChI=1S/C46H79N7O9/c1-17-31(4)39(52(13)42(56)38(30(2)3)48-44(49(9)10)50(11)26-27-51(12)45(58)62-46(6,7)8)36(59-14)29-37(54)53-25-21-24-35(53)40(60-15)32(5)41(55)47-34(43(57)61-16)28-33-22-19-18-20-23-33/h18-20,22-23,30-32,34-36,38-40H,17,21,24-29H2,1-16H3,(H,47,55)/t31?,32?,34?,35-,36?,38?,39?,40?/m0/s1. The lowest BCUT2D eigenvalue weighted by Gasteiger charge is -2.40. The Labute approximate surface area is 372 Å². The number of hydrogen-bond acceptors (Lipinski definition) is 10. The summed E-state index contributed by atoms with van der Waals surface area (Å²) < 4.78 is 22.6. The molecule has 8 atom stereocenters. The Morgan fingerprint density at radius 3 is 2.03 bits per heavy atom. The summed E-state index contributed by atoms with van der Waals surface area (Å²) in [5.74, 6) is -1.64. The summed E-state index contributed by atoms with van der Waals surface area (Å²) in [5, 5.41) is 2.87. The minimum atomic E-state index is -0.898. The van der Waals surface area contributed by atoms with Crippen LogP contribution < -0.4 is 5.32 Å². The first-order valence-electron chi connectivity index (χ1n) is 22.0. The lowest BCUT2D eigenvalue weighted by molar-refractivity contribution is -0.148. The van der Waals surface area contributed by atoms with Crippen molar-refractivity contribution in [2.75, 3.05) is 76.2 Å².